The van der Waals surface area contributed by atoms with Crippen molar-refractivity contribution >= 4 is 0 Å². The van der Waals surface area contributed by atoms with Crippen LogP contribution >= 0.6 is 0 Å². The molecule has 0 radical (unpaired) electrons. The minimum Gasteiger partial charge on any atom is -0.493 e. The van der Waals surface area contributed by atoms with Crippen LogP contribution in [0.25, 0.3) is 0 Å². The van der Waals surface area contributed by atoms with E-state index in [0.29, 0.717) is 0 Å². The van der Waals surface area contributed by atoms with Gasteiger partial charge >= 0.3 is 0 Å². The summed E-state index contributed by atoms with van der Waals surface area (Å²) in [5, 5.41) is 3.29. The lowest BCUT2D eigenvalue weighted by Crippen LogP contribution is -2.19. The van der Waals surface area contributed by atoms with Crippen molar-refractivity contribution in [2.24, 2.45) is 0 Å². The van der Waals surface area contributed by atoms with Gasteiger partial charge < -0.3 is 10.1 Å². The third kappa shape index (κ3) is 2.80. The van der Waals surface area contributed by atoms with Crippen molar-refractivity contribution in [1.82, 2.24) is 15.3 Å². The van der Waals surface area contributed by atoms with Crippen molar-refractivity contribution in [3.05, 3.63) is 53.6 Å². The summed E-state index contributed by atoms with van der Waals surface area (Å²) in [7, 11) is 1.96. The van der Waals surface area contributed by atoms with Crippen LogP contribution in [0.2, 0.25) is 0 Å². The number of fused-ring (bicyclic) bond motifs is 1. The molecule has 0 amide bonds. The Bertz CT molecular complexity index is 571. The van der Waals surface area contributed by atoms with Gasteiger partial charge in [0.25, 0.3) is 0 Å². The normalized spacial score (nSPS) is 14.7. The number of ether oxygens (including phenoxy) is 1. The molecular weight excluding hydrogens is 250 g/mol. The average molecular weight is 269 g/mol. The molecule has 2 heterocycles. The minimum absolute atomic E-state index is 0.195. The SMILES string of the molecule is CNC(CCc1ccc2c(c1)CCO2)c1ncccn1. The molecule has 0 saturated heterocycles. The molecule has 1 aromatic heterocycles. The van der Waals surface area contributed by atoms with Gasteiger partial charge in [-0.1, -0.05) is 12.1 Å². The summed E-state index contributed by atoms with van der Waals surface area (Å²) >= 11 is 0. The fourth-order valence-corrected chi connectivity index (χ4v) is 2.60. The molecule has 1 aliphatic heterocycles. The maximum atomic E-state index is 5.54. The van der Waals surface area contributed by atoms with Gasteiger partial charge in [0.05, 0.1) is 12.6 Å². The molecule has 1 aliphatic rings. The first-order valence-corrected chi connectivity index (χ1v) is 7.05. The quantitative estimate of drug-likeness (QED) is 0.905. The first-order valence-electron chi connectivity index (χ1n) is 7.05. The Kier molecular flexibility index (Phi) is 3.92. The predicted octanol–water partition coefficient (Wildman–Crippen LogP) is 2.30. The second-order valence-electron chi connectivity index (χ2n) is 5.03. The summed E-state index contributed by atoms with van der Waals surface area (Å²) in [5.41, 5.74) is 2.69. The van der Waals surface area contributed by atoms with E-state index in [4.69, 9.17) is 4.74 Å². The number of hydrogen-bond acceptors (Lipinski definition) is 4. The van der Waals surface area contributed by atoms with Crippen LogP contribution in [0, 0.1) is 0 Å². The number of aryl methyl sites for hydroxylation is 1. The van der Waals surface area contributed by atoms with Crippen molar-refractivity contribution in [1.29, 1.82) is 0 Å². The van der Waals surface area contributed by atoms with Crippen LogP contribution in [-0.4, -0.2) is 23.6 Å². The zero-order valence-corrected chi connectivity index (χ0v) is 11.7. The largest absolute Gasteiger partial charge is 0.493 e. The van der Waals surface area contributed by atoms with Gasteiger partial charge in [0.2, 0.25) is 0 Å². The van der Waals surface area contributed by atoms with E-state index >= 15 is 0 Å². The summed E-state index contributed by atoms with van der Waals surface area (Å²) in [6, 6.07) is 8.55. The van der Waals surface area contributed by atoms with E-state index in [2.05, 4.69) is 33.5 Å². The van der Waals surface area contributed by atoms with Gasteiger partial charge in [0.15, 0.2) is 0 Å². The van der Waals surface area contributed by atoms with E-state index in [1.54, 1.807) is 12.4 Å². The van der Waals surface area contributed by atoms with Crippen LogP contribution in [0.3, 0.4) is 0 Å². The molecule has 1 unspecified atom stereocenters. The Hall–Kier alpha value is -1.94. The Morgan fingerprint density at radius 1 is 1.30 bits per heavy atom. The second kappa shape index (κ2) is 6.01. The van der Waals surface area contributed by atoms with Gasteiger partial charge in [-0.3, -0.25) is 0 Å². The smallest absolute Gasteiger partial charge is 0.145 e. The average Bonchev–Trinajstić information content (AvgIpc) is 2.96. The zero-order chi connectivity index (χ0) is 13.8. The van der Waals surface area contributed by atoms with Crippen LogP contribution < -0.4 is 10.1 Å². The van der Waals surface area contributed by atoms with Gasteiger partial charge in [-0.2, -0.15) is 0 Å². The molecule has 3 rings (SSSR count). The van der Waals surface area contributed by atoms with Crippen molar-refractivity contribution in [2.45, 2.75) is 25.3 Å². The third-order valence-electron chi connectivity index (χ3n) is 3.72. The van der Waals surface area contributed by atoms with Gasteiger partial charge in [-0.05, 0) is 43.1 Å². The molecule has 0 saturated carbocycles. The Balaban J connectivity index is 1.66. The topological polar surface area (TPSA) is 47.0 Å². The van der Waals surface area contributed by atoms with Crippen LogP contribution in [0.1, 0.15) is 29.4 Å². The highest BCUT2D eigenvalue weighted by molar-refractivity contribution is 5.39. The van der Waals surface area contributed by atoms with Crippen LogP contribution in [-0.2, 0) is 12.8 Å². The molecule has 1 aromatic carbocycles. The maximum Gasteiger partial charge on any atom is 0.145 e. The van der Waals surface area contributed by atoms with E-state index in [-0.39, 0.29) is 6.04 Å². The number of nitrogens with one attached hydrogen (secondary N) is 1. The number of nitrogens with zero attached hydrogens (tertiary/aromatic N) is 2. The number of hydrogen-bond donors (Lipinski definition) is 1. The van der Waals surface area contributed by atoms with Crippen molar-refractivity contribution in [3.8, 4) is 5.75 Å². The number of aromatic nitrogens is 2. The van der Waals surface area contributed by atoms with Crippen LogP contribution in [0.5, 0.6) is 5.75 Å². The monoisotopic (exact) mass is 269 g/mol. The highest BCUT2D eigenvalue weighted by Gasteiger charge is 2.14. The highest BCUT2D eigenvalue weighted by atomic mass is 16.5. The summed E-state index contributed by atoms with van der Waals surface area (Å²) in [4.78, 5) is 8.65. The summed E-state index contributed by atoms with van der Waals surface area (Å²) < 4.78 is 5.54. The van der Waals surface area contributed by atoms with E-state index in [0.717, 1.165) is 37.4 Å². The van der Waals surface area contributed by atoms with E-state index in [9.17, 15) is 0 Å². The fourth-order valence-electron chi connectivity index (χ4n) is 2.60. The van der Waals surface area contributed by atoms with Crippen molar-refractivity contribution in [2.75, 3.05) is 13.7 Å². The molecule has 4 nitrogen and oxygen atoms in total. The zero-order valence-electron chi connectivity index (χ0n) is 11.7. The molecule has 1 N–H and O–H groups in total. The standard InChI is InChI=1S/C16H19N3O/c1-17-14(16-18-8-2-9-19-16)5-3-12-4-6-15-13(11-12)7-10-20-15/h2,4,6,8-9,11,14,17H,3,5,7,10H2,1H3. The Morgan fingerprint density at radius 2 is 2.15 bits per heavy atom. The van der Waals surface area contributed by atoms with Crippen molar-refractivity contribution < 1.29 is 4.74 Å². The lowest BCUT2D eigenvalue weighted by Gasteiger charge is -2.14. The first kappa shape index (κ1) is 13.1. The molecule has 20 heavy (non-hydrogen) atoms. The molecule has 0 fully saturated rings. The fraction of sp³-hybridized carbons (Fsp3) is 0.375. The predicted molar refractivity (Wildman–Crippen MR) is 77.8 cm³/mol. The number of benzene rings is 1. The molecule has 4 heteroatoms. The molecule has 2 aromatic rings. The summed E-state index contributed by atoms with van der Waals surface area (Å²) in [5.74, 6) is 1.91. The van der Waals surface area contributed by atoms with Gasteiger partial charge in [0, 0.05) is 18.8 Å². The highest BCUT2D eigenvalue weighted by Crippen LogP contribution is 2.27. The second-order valence-corrected chi connectivity index (χ2v) is 5.03. The molecule has 0 aliphatic carbocycles. The lowest BCUT2D eigenvalue weighted by atomic mass is 10.0. The van der Waals surface area contributed by atoms with Gasteiger partial charge in [-0.25, -0.2) is 9.97 Å². The van der Waals surface area contributed by atoms with Gasteiger partial charge in [-0.15, -0.1) is 0 Å². The van der Waals surface area contributed by atoms with E-state index in [1.807, 2.05) is 13.1 Å². The third-order valence-corrected chi connectivity index (χ3v) is 3.72. The maximum absolute atomic E-state index is 5.54. The molecule has 104 valence electrons. The summed E-state index contributed by atoms with van der Waals surface area (Å²) in [6.45, 7) is 0.815. The van der Waals surface area contributed by atoms with Gasteiger partial charge in [0.1, 0.15) is 11.6 Å². The minimum atomic E-state index is 0.195. The van der Waals surface area contributed by atoms with Crippen molar-refractivity contribution in [3.63, 3.8) is 0 Å². The first-order chi connectivity index (χ1) is 9.86. The van der Waals surface area contributed by atoms with Crippen LogP contribution in [0.15, 0.2) is 36.7 Å². The molecular formula is C16H19N3O. The number of rotatable bonds is 5. The Labute approximate surface area is 119 Å². The van der Waals surface area contributed by atoms with E-state index < -0.39 is 0 Å². The molecule has 0 bridgehead atoms. The molecule has 1 atom stereocenters. The van der Waals surface area contributed by atoms with Crippen LogP contribution in [0.4, 0.5) is 0 Å². The lowest BCUT2D eigenvalue weighted by molar-refractivity contribution is 0.357. The Morgan fingerprint density at radius 3 is 2.95 bits per heavy atom. The molecule has 0 spiro atoms. The van der Waals surface area contributed by atoms with E-state index in [1.165, 1.54) is 11.1 Å². The summed E-state index contributed by atoms with van der Waals surface area (Å²) in [6.07, 6.45) is 6.61.